The summed E-state index contributed by atoms with van der Waals surface area (Å²) in [5, 5.41) is 0. The van der Waals surface area contributed by atoms with Crippen molar-refractivity contribution in [1.82, 2.24) is 0 Å². The molecule has 0 rings (SSSR count). The van der Waals surface area contributed by atoms with E-state index in [-0.39, 0.29) is 6.10 Å². The first kappa shape index (κ1) is 32.9. The van der Waals surface area contributed by atoms with Gasteiger partial charge in [0.25, 0.3) is 0 Å². The number of quaternary nitrogens is 1. The van der Waals surface area contributed by atoms with E-state index < -0.39 is 7.32 Å². The summed E-state index contributed by atoms with van der Waals surface area (Å²) in [6, 6.07) is 0.520. The summed E-state index contributed by atoms with van der Waals surface area (Å²) in [5.41, 5.74) is 0. The summed E-state index contributed by atoms with van der Waals surface area (Å²) in [6.07, 6.45) is 16.9. The first-order valence-electron chi connectivity index (χ1n) is 14.8. The van der Waals surface area contributed by atoms with E-state index in [1.807, 2.05) is 0 Å². The molecule has 0 aromatic carbocycles. The Hall–Kier alpha value is -0.0951. The van der Waals surface area contributed by atoms with Crippen molar-refractivity contribution < 1.29 is 18.4 Å². The fourth-order valence-electron chi connectivity index (χ4n) is 4.91. The summed E-state index contributed by atoms with van der Waals surface area (Å²) in [7, 11) is -0.524. The molecule has 4 nitrogen and oxygen atoms in total. The zero-order valence-electron chi connectivity index (χ0n) is 23.8. The third-order valence-electron chi connectivity index (χ3n) is 6.95. The van der Waals surface area contributed by atoms with Gasteiger partial charge in [0.15, 0.2) is 0 Å². The standard InChI is InChI=1S/C28H61BNO3/c1-8-15-22-30(23-16-9-2,24-17-10-3)27(20-13-6)28(21-14-7)33-29(31-25-18-11-4)32-26-19-12-5/h27-28H,8-26H2,1-7H3/q+1. The largest absolute Gasteiger partial charge is 0.639 e. The van der Waals surface area contributed by atoms with E-state index >= 15 is 0 Å². The molecular weight excluding hydrogens is 409 g/mol. The molecule has 5 heteroatoms. The molecule has 198 valence electrons. The highest BCUT2D eigenvalue weighted by atomic mass is 16.7. The van der Waals surface area contributed by atoms with Crippen molar-refractivity contribution >= 4 is 7.32 Å². The van der Waals surface area contributed by atoms with Gasteiger partial charge in [-0.05, 0) is 38.5 Å². The smallest absolute Gasteiger partial charge is 0.386 e. The molecule has 0 bridgehead atoms. The Balaban J connectivity index is 5.91. The fourth-order valence-corrected chi connectivity index (χ4v) is 4.91. The summed E-state index contributed by atoms with van der Waals surface area (Å²) in [4.78, 5) is 0. The Kier molecular flexibility index (Phi) is 22.3. The summed E-state index contributed by atoms with van der Waals surface area (Å²) in [6.45, 7) is 21.3. The lowest BCUT2D eigenvalue weighted by Gasteiger charge is -2.48. The predicted octanol–water partition coefficient (Wildman–Crippen LogP) is 8.18. The molecule has 0 amide bonds. The van der Waals surface area contributed by atoms with Crippen molar-refractivity contribution in [2.24, 2.45) is 0 Å². The van der Waals surface area contributed by atoms with Crippen molar-refractivity contribution in [3.63, 3.8) is 0 Å². The Bertz CT molecular complexity index is 379. The van der Waals surface area contributed by atoms with E-state index in [1.165, 1.54) is 75.5 Å². The Morgan fingerprint density at radius 1 is 0.545 bits per heavy atom. The van der Waals surface area contributed by atoms with E-state index in [1.54, 1.807) is 0 Å². The van der Waals surface area contributed by atoms with Crippen LogP contribution < -0.4 is 0 Å². The number of rotatable bonds is 25. The zero-order chi connectivity index (χ0) is 24.8. The van der Waals surface area contributed by atoms with Crippen molar-refractivity contribution in [2.45, 2.75) is 151 Å². The maximum Gasteiger partial charge on any atom is 0.639 e. The van der Waals surface area contributed by atoms with Crippen LogP contribution in [0.1, 0.15) is 138 Å². The number of hydrogen-bond acceptors (Lipinski definition) is 3. The Morgan fingerprint density at radius 2 is 0.970 bits per heavy atom. The van der Waals surface area contributed by atoms with E-state index in [9.17, 15) is 0 Å². The SMILES string of the molecule is CCCCOB(OCCCC)OC(CCC)C(CCC)[N+](CCCC)(CCCC)CCCC. The van der Waals surface area contributed by atoms with Gasteiger partial charge >= 0.3 is 7.32 Å². The quantitative estimate of drug-likeness (QED) is 0.0765. The number of hydrogen-bond donors (Lipinski definition) is 0. The van der Waals surface area contributed by atoms with Gasteiger partial charge in [-0.1, -0.05) is 93.4 Å². The average Bonchev–Trinajstić information content (AvgIpc) is 2.82. The van der Waals surface area contributed by atoms with Crippen molar-refractivity contribution in [1.29, 1.82) is 0 Å². The Labute approximate surface area is 209 Å². The highest BCUT2D eigenvalue weighted by Crippen LogP contribution is 2.29. The van der Waals surface area contributed by atoms with Crippen LogP contribution in [0.2, 0.25) is 0 Å². The number of nitrogens with zero attached hydrogens (tertiary/aromatic N) is 1. The molecule has 0 aliphatic heterocycles. The molecule has 0 aromatic rings. The lowest BCUT2D eigenvalue weighted by atomic mass is 9.93. The van der Waals surface area contributed by atoms with Gasteiger partial charge in [0.1, 0.15) is 6.04 Å². The van der Waals surface area contributed by atoms with Crippen LogP contribution in [0.25, 0.3) is 0 Å². The van der Waals surface area contributed by atoms with Gasteiger partial charge in [0.05, 0.1) is 25.7 Å². The van der Waals surface area contributed by atoms with Crippen LogP contribution in [0.5, 0.6) is 0 Å². The molecule has 0 N–H and O–H groups in total. The van der Waals surface area contributed by atoms with Crippen molar-refractivity contribution in [3.05, 3.63) is 0 Å². The minimum absolute atomic E-state index is 0.189. The molecule has 0 heterocycles. The second kappa shape index (κ2) is 22.4. The monoisotopic (exact) mass is 470 g/mol. The zero-order valence-corrected chi connectivity index (χ0v) is 23.8. The molecule has 0 aliphatic carbocycles. The third kappa shape index (κ3) is 14.1. The lowest BCUT2D eigenvalue weighted by Crippen LogP contribution is -2.62. The van der Waals surface area contributed by atoms with E-state index in [2.05, 4.69) is 48.5 Å². The molecule has 0 spiro atoms. The molecule has 0 saturated heterocycles. The van der Waals surface area contributed by atoms with Gasteiger partial charge < -0.3 is 18.4 Å². The van der Waals surface area contributed by atoms with Crippen LogP contribution in [0.4, 0.5) is 0 Å². The molecule has 0 fully saturated rings. The first-order chi connectivity index (χ1) is 16.1. The second-order valence-corrected chi connectivity index (χ2v) is 10.0. The molecule has 0 aliphatic rings. The van der Waals surface area contributed by atoms with Crippen LogP contribution in [0.15, 0.2) is 0 Å². The van der Waals surface area contributed by atoms with Crippen LogP contribution >= 0.6 is 0 Å². The van der Waals surface area contributed by atoms with Crippen LogP contribution in [0, 0.1) is 0 Å². The third-order valence-corrected chi connectivity index (χ3v) is 6.95. The molecule has 2 atom stereocenters. The summed E-state index contributed by atoms with van der Waals surface area (Å²) in [5.74, 6) is 0. The second-order valence-electron chi connectivity index (χ2n) is 10.0. The van der Waals surface area contributed by atoms with Gasteiger partial charge in [-0.3, -0.25) is 0 Å². The maximum absolute atomic E-state index is 6.78. The molecule has 0 radical (unpaired) electrons. The van der Waals surface area contributed by atoms with Crippen molar-refractivity contribution in [3.8, 4) is 0 Å². The van der Waals surface area contributed by atoms with E-state index in [0.29, 0.717) is 19.3 Å². The molecule has 0 saturated carbocycles. The normalized spacial score (nSPS) is 13.9. The van der Waals surface area contributed by atoms with Crippen LogP contribution in [-0.2, 0) is 14.0 Å². The summed E-state index contributed by atoms with van der Waals surface area (Å²) < 4.78 is 20.3. The van der Waals surface area contributed by atoms with Gasteiger partial charge in [-0.2, -0.15) is 0 Å². The van der Waals surface area contributed by atoms with Crippen LogP contribution in [0.3, 0.4) is 0 Å². The average molecular weight is 471 g/mol. The minimum atomic E-state index is -0.524. The lowest BCUT2D eigenvalue weighted by molar-refractivity contribution is -0.955. The maximum atomic E-state index is 6.78. The first-order valence-corrected chi connectivity index (χ1v) is 14.8. The van der Waals surface area contributed by atoms with Crippen molar-refractivity contribution in [2.75, 3.05) is 32.8 Å². The van der Waals surface area contributed by atoms with Gasteiger partial charge in [0, 0.05) is 19.6 Å². The van der Waals surface area contributed by atoms with E-state index in [0.717, 1.165) is 38.5 Å². The molecule has 2 unspecified atom stereocenters. The Morgan fingerprint density at radius 3 is 1.33 bits per heavy atom. The fraction of sp³-hybridized carbons (Fsp3) is 1.00. The van der Waals surface area contributed by atoms with Gasteiger partial charge in [0.2, 0.25) is 0 Å². The van der Waals surface area contributed by atoms with Gasteiger partial charge in [-0.25, -0.2) is 0 Å². The van der Waals surface area contributed by atoms with Gasteiger partial charge in [-0.15, -0.1) is 0 Å². The predicted molar refractivity (Wildman–Crippen MR) is 146 cm³/mol. The highest BCUT2D eigenvalue weighted by molar-refractivity contribution is 6.36. The van der Waals surface area contributed by atoms with Crippen LogP contribution in [-0.4, -0.2) is 56.8 Å². The summed E-state index contributed by atoms with van der Waals surface area (Å²) >= 11 is 0. The minimum Gasteiger partial charge on any atom is -0.386 e. The molecule has 33 heavy (non-hydrogen) atoms. The number of unbranched alkanes of at least 4 members (excludes halogenated alkanes) is 5. The molecule has 0 aromatic heterocycles. The topological polar surface area (TPSA) is 27.7 Å². The van der Waals surface area contributed by atoms with E-state index in [4.69, 9.17) is 14.0 Å². The highest BCUT2D eigenvalue weighted by Gasteiger charge is 2.42. The molecular formula is C28H61BNO3+.